The van der Waals surface area contributed by atoms with Crippen LogP contribution in [0.3, 0.4) is 0 Å². The van der Waals surface area contributed by atoms with Crippen molar-refractivity contribution in [1.29, 1.82) is 0 Å². The third-order valence-electron chi connectivity index (χ3n) is 3.28. The zero-order chi connectivity index (χ0) is 12.4. The lowest BCUT2D eigenvalue weighted by Crippen LogP contribution is -2.25. The molecule has 1 N–H and O–H groups in total. The average Bonchev–Trinajstić information content (AvgIpc) is 2.77. The summed E-state index contributed by atoms with van der Waals surface area (Å²) in [6, 6.07) is 6.69. The molecule has 0 heterocycles. The summed E-state index contributed by atoms with van der Waals surface area (Å²) >= 11 is 5.83. The number of carboxylic acid groups (broad SMARTS) is 1. The van der Waals surface area contributed by atoms with E-state index < -0.39 is 17.8 Å². The Bertz CT molecular complexity index is 456. The molecule has 17 heavy (non-hydrogen) atoms. The molecule has 0 spiro atoms. The Hall–Kier alpha value is -1.35. The number of hydrogen-bond donors (Lipinski definition) is 1. The molecule has 0 aliphatic heterocycles. The summed E-state index contributed by atoms with van der Waals surface area (Å²) < 4.78 is 0. The lowest BCUT2D eigenvalue weighted by atomic mass is 9.88. The molecule has 1 aromatic rings. The highest BCUT2D eigenvalue weighted by Crippen LogP contribution is 2.34. The van der Waals surface area contributed by atoms with Crippen molar-refractivity contribution in [2.75, 3.05) is 0 Å². The van der Waals surface area contributed by atoms with Crippen LogP contribution in [-0.4, -0.2) is 16.9 Å². The highest BCUT2D eigenvalue weighted by Gasteiger charge is 2.37. The summed E-state index contributed by atoms with van der Waals surface area (Å²) in [4.78, 5) is 23.2. The smallest absolute Gasteiger partial charge is 0.307 e. The molecule has 2 rings (SSSR count). The minimum Gasteiger partial charge on any atom is -0.481 e. The molecule has 90 valence electrons. The number of aliphatic carboxylic acids is 1. The van der Waals surface area contributed by atoms with E-state index in [9.17, 15) is 9.59 Å². The molecule has 2 atom stereocenters. The Morgan fingerprint density at radius 1 is 1.24 bits per heavy atom. The van der Waals surface area contributed by atoms with E-state index in [2.05, 4.69) is 0 Å². The SMILES string of the molecule is O=C(O)[C@H]1CCC[C@H]1C(=O)c1cccc(Cl)c1. The van der Waals surface area contributed by atoms with Crippen LogP contribution in [0.1, 0.15) is 29.6 Å². The van der Waals surface area contributed by atoms with Gasteiger partial charge in [0, 0.05) is 16.5 Å². The number of carbonyl (C=O) groups is 2. The first-order chi connectivity index (χ1) is 8.09. The quantitative estimate of drug-likeness (QED) is 0.842. The van der Waals surface area contributed by atoms with Crippen molar-refractivity contribution in [2.24, 2.45) is 11.8 Å². The third kappa shape index (κ3) is 2.50. The Labute approximate surface area is 104 Å². The van der Waals surface area contributed by atoms with Gasteiger partial charge >= 0.3 is 5.97 Å². The van der Waals surface area contributed by atoms with Crippen molar-refractivity contribution in [3.8, 4) is 0 Å². The van der Waals surface area contributed by atoms with Crippen LogP contribution in [0.4, 0.5) is 0 Å². The minimum atomic E-state index is -0.872. The first-order valence-corrected chi connectivity index (χ1v) is 6.00. The Balaban J connectivity index is 2.23. The predicted octanol–water partition coefficient (Wildman–Crippen LogP) is 3.02. The van der Waals surface area contributed by atoms with Crippen LogP contribution < -0.4 is 0 Å². The van der Waals surface area contributed by atoms with E-state index in [1.807, 2.05) is 0 Å². The van der Waals surface area contributed by atoms with E-state index in [0.717, 1.165) is 6.42 Å². The second kappa shape index (κ2) is 4.88. The van der Waals surface area contributed by atoms with Gasteiger partial charge < -0.3 is 5.11 Å². The second-order valence-corrected chi connectivity index (χ2v) is 4.79. The van der Waals surface area contributed by atoms with Crippen LogP contribution in [0.5, 0.6) is 0 Å². The van der Waals surface area contributed by atoms with Gasteiger partial charge in [0.25, 0.3) is 0 Å². The van der Waals surface area contributed by atoms with Gasteiger partial charge in [0.1, 0.15) is 0 Å². The maximum atomic E-state index is 12.2. The zero-order valence-electron chi connectivity index (χ0n) is 9.23. The summed E-state index contributed by atoms with van der Waals surface area (Å²) in [5.41, 5.74) is 0.510. The minimum absolute atomic E-state index is 0.0996. The third-order valence-corrected chi connectivity index (χ3v) is 3.51. The van der Waals surface area contributed by atoms with Crippen LogP contribution in [-0.2, 0) is 4.79 Å². The first kappa shape index (κ1) is 12.1. The number of halogens is 1. The van der Waals surface area contributed by atoms with Gasteiger partial charge in [0.15, 0.2) is 5.78 Å². The van der Waals surface area contributed by atoms with E-state index in [1.54, 1.807) is 24.3 Å². The van der Waals surface area contributed by atoms with Crippen molar-refractivity contribution in [1.82, 2.24) is 0 Å². The summed E-state index contributed by atoms with van der Waals surface area (Å²) in [5, 5.41) is 9.56. The molecular weight excluding hydrogens is 240 g/mol. The molecule has 0 saturated heterocycles. The monoisotopic (exact) mass is 252 g/mol. The fraction of sp³-hybridized carbons (Fsp3) is 0.385. The van der Waals surface area contributed by atoms with Crippen molar-refractivity contribution >= 4 is 23.4 Å². The molecule has 1 aliphatic rings. The lowest BCUT2D eigenvalue weighted by Gasteiger charge is -2.14. The fourth-order valence-corrected chi connectivity index (χ4v) is 2.62. The fourth-order valence-electron chi connectivity index (χ4n) is 2.43. The summed E-state index contributed by atoms with van der Waals surface area (Å²) in [5.74, 6) is -1.91. The van der Waals surface area contributed by atoms with Crippen LogP contribution >= 0.6 is 11.6 Å². The number of Topliss-reactive ketones (excluding diaryl/α,β-unsaturated/α-hetero) is 1. The van der Waals surface area contributed by atoms with Gasteiger partial charge in [-0.15, -0.1) is 0 Å². The molecule has 0 unspecified atom stereocenters. The Kier molecular flexibility index (Phi) is 3.48. The van der Waals surface area contributed by atoms with Crippen LogP contribution in [0.25, 0.3) is 0 Å². The maximum absolute atomic E-state index is 12.2. The number of carbonyl (C=O) groups excluding carboxylic acids is 1. The first-order valence-electron chi connectivity index (χ1n) is 5.62. The normalized spacial score (nSPS) is 23.6. The number of carboxylic acids is 1. The average molecular weight is 253 g/mol. The van der Waals surface area contributed by atoms with Gasteiger partial charge in [-0.1, -0.05) is 30.2 Å². The standard InChI is InChI=1S/C13H13ClO3/c14-9-4-1-3-8(7-9)12(15)10-5-2-6-11(10)13(16)17/h1,3-4,7,10-11H,2,5-6H2,(H,16,17)/t10-,11+/m1/s1. The highest BCUT2D eigenvalue weighted by atomic mass is 35.5. The van der Waals surface area contributed by atoms with Crippen molar-refractivity contribution in [2.45, 2.75) is 19.3 Å². The lowest BCUT2D eigenvalue weighted by molar-refractivity contribution is -0.142. The maximum Gasteiger partial charge on any atom is 0.307 e. The Morgan fingerprint density at radius 2 is 1.94 bits per heavy atom. The summed E-state index contributed by atoms with van der Waals surface area (Å²) in [7, 11) is 0. The van der Waals surface area contributed by atoms with Crippen molar-refractivity contribution < 1.29 is 14.7 Å². The van der Waals surface area contributed by atoms with Gasteiger partial charge in [-0.2, -0.15) is 0 Å². The molecule has 0 bridgehead atoms. The molecule has 4 heteroatoms. The van der Waals surface area contributed by atoms with Crippen LogP contribution in [0.15, 0.2) is 24.3 Å². The van der Waals surface area contributed by atoms with Gasteiger partial charge in [-0.3, -0.25) is 9.59 Å². The molecule has 0 amide bonds. The van der Waals surface area contributed by atoms with Crippen molar-refractivity contribution in [3.63, 3.8) is 0 Å². The van der Waals surface area contributed by atoms with E-state index in [-0.39, 0.29) is 5.78 Å². The zero-order valence-corrected chi connectivity index (χ0v) is 9.98. The summed E-state index contributed by atoms with van der Waals surface area (Å²) in [6.45, 7) is 0. The van der Waals surface area contributed by atoms with E-state index >= 15 is 0 Å². The van der Waals surface area contributed by atoms with Crippen LogP contribution in [0.2, 0.25) is 5.02 Å². The van der Waals surface area contributed by atoms with Crippen molar-refractivity contribution in [3.05, 3.63) is 34.9 Å². The van der Waals surface area contributed by atoms with Gasteiger partial charge in [-0.25, -0.2) is 0 Å². The Morgan fingerprint density at radius 3 is 2.59 bits per heavy atom. The molecule has 1 saturated carbocycles. The van der Waals surface area contributed by atoms with Gasteiger partial charge in [0.05, 0.1) is 5.92 Å². The van der Waals surface area contributed by atoms with E-state index in [1.165, 1.54) is 0 Å². The molecule has 3 nitrogen and oxygen atoms in total. The molecule has 0 radical (unpaired) electrons. The predicted molar refractivity (Wildman–Crippen MR) is 64.2 cm³/mol. The van der Waals surface area contributed by atoms with Gasteiger partial charge in [0.2, 0.25) is 0 Å². The largest absolute Gasteiger partial charge is 0.481 e. The van der Waals surface area contributed by atoms with Crippen LogP contribution in [0, 0.1) is 11.8 Å². The molecular formula is C13H13ClO3. The molecule has 0 aromatic heterocycles. The topological polar surface area (TPSA) is 54.4 Å². The number of ketones is 1. The molecule has 1 fully saturated rings. The summed E-state index contributed by atoms with van der Waals surface area (Å²) in [6.07, 6.45) is 2.04. The molecule has 1 aliphatic carbocycles. The molecule has 1 aromatic carbocycles. The number of rotatable bonds is 3. The highest BCUT2D eigenvalue weighted by molar-refractivity contribution is 6.31. The number of benzene rings is 1. The van der Waals surface area contributed by atoms with E-state index in [4.69, 9.17) is 16.7 Å². The van der Waals surface area contributed by atoms with E-state index in [0.29, 0.717) is 23.4 Å². The number of hydrogen-bond acceptors (Lipinski definition) is 2. The second-order valence-electron chi connectivity index (χ2n) is 4.36. The van der Waals surface area contributed by atoms with Gasteiger partial charge in [-0.05, 0) is 25.0 Å².